The average molecular weight is 362 g/mol. The van der Waals surface area contributed by atoms with Crippen LogP contribution in [0.1, 0.15) is 34.5 Å². The predicted molar refractivity (Wildman–Crippen MR) is 98.5 cm³/mol. The Hall–Kier alpha value is -2.54. The highest BCUT2D eigenvalue weighted by Gasteiger charge is 2.14. The molecule has 0 heterocycles. The van der Waals surface area contributed by atoms with Gasteiger partial charge >= 0.3 is 0 Å². The van der Waals surface area contributed by atoms with E-state index in [-0.39, 0.29) is 11.9 Å². The lowest BCUT2D eigenvalue weighted by atomic mass is 10.1. The Bertz CT molecular complexity index is 878. The Balaban J connectivity index is 2.15. The summed E-state index contributed by atoms with van der Waals surface area (Å²) in [5, 5.41) is 2.90. The summed E-state index contributed by atoms with van der Waals surface area (Å²) in [6.07, 6.45) is 1.09. The number of nitrogens with one attached hydrogen (secondary N) is 2. The molecule has 0 aliphatic rings. The third kappa shape index (κ3) is 5.22. The number of aryl methyl sites for hydroxylation is 1. The second-order valence-electron chi connectivity index (χ2n) is 5.88. The molecule has 0 aromatic heterocycles. The number of hydrogen-bond acceptors (Lipinski definition) is 4. The highest BCUT2D eigenvalue weighted by Crippen LogP contribution is 2.21. The second kappa shape index (κ2) is 7.57. The fourth-order valence-corrected chi connectivity index (χ4v) is 2.97. The summed E-state index contributed by atoms with van der Waals surface area (Å²) >= 11 is 0. The van der Waals surface area contributed by atoms with Crippen molar-refractivity contribution in [1.29, 1.82) is 0 Å². The van der Waals surface area contributed by atoms with Crippen molar-refractivity contribution in [1.82, 2.24) is 5.32 Å². The van der Waals surface area contributed by atoms with E-state index in [0.29, 0.717) is 17.0 Å². The van der Waals surface area contributed by atoms with Gasteiger partial charge in [0.2, 0.25) is 10.0 Å². The number of hydrogen-bond donors (Lipinski definition) is 2. The molecule has 0 aliphatic heterocycles. The van der Waals surface area contributed by atoms with Gasteiger partial charge in [-0.25, -0.2) is 8.42 Å². The largest absolute Gasteiger partial charge is 0.496 e. The van der Waals surface area contributed by atoms with E-state index in [2.05, 4.69) is 10.0 Å². The van der Waals surface area contributed by atoms with Crippen LogP contribution in [0.4, 0.5) is 5.69 Å². The van der Waals surface area contributed by atoms with Crippen molar-refractivity contribution in [2.75, 3.05) is 18.1 Å². The van der Waals surface area contributed by atoms with Crippen LogP contribution in [-0.2, 0) is 10.0 Å². The molecule has 0 fully saturated rings. The number of carbonyl (C=O) groups is 1. The summed E-state index contributed by atoms with van der Waals surface area (Å²) in [5.74, 6) is 0.423. The average Bonchev–Trinajstić information content (AvgIpc) is 2.53. The van der Waals surface area contributed by atoms with Crippen molar-refractivity contribution in [3.05, 3.63) is 59.2 Å². The van der Waals surface area contributed by atoms with Gasteiger partial charge in [0.15, 0.2) is 0 Å². The van der Waals surface area contributed by atoms with E-state index in [0.717, 1.165) is 17.4 Å². The van der Waals surface area contributed by atoms with Crippen LogP contribution in [0, 0.1) is 6.92 Å². The number of amides is 1. The van der Waals surface area contributed by atoms with Gasteiger partial charge in [-0.15, -0.1) is 0 Å². The maximum Gasteiger partial charge on any atom is 0.251 e. The molecule has 7 heteroatoms. The van der Waals surface area contributed by atoms with Gasteiger partial charge in [-0.05, 0) is 49.2 Å². The first-order valence-electron chi connectivity index (χ1n) is 7.73. The lowest BCUT2D eigenvalue weighted by Gasteiger charge is -2.16. The number of benzene rings is 2. The zero-order valence-electron chi connectivity index (χ0n) is 14.7. The molecule has 0 saturated carbocycles. The highest BCUT2D eigenvalue weighted by atomic mass is 32.2. The van der Waals surface area contributed by atoms with Crippen molar-refractivity contribution in [2.45, 2.75) is 19.9 Å². The van der Waals surface area contributed by atoms with Crippen LogP contribution in [0.25, 0.3) is 0 Å². The summed E-state index contributed by atoms with van der Waals surface area (Å²) in [5.41, 5.74) is 2.70. The first-order valence-corrected chi connectivity index (χ1v) is 9.62. The maximum absolute atomic E-state index is 12.4. The highest BCUT2D eigenvalue weighted by molar-refractivity contribution is 7.92. The first-order chi connectivity index (χ1) is 11.7. The van der Waals surface area contributed by atoms with E-state index in [4.69, 9.17) is 4.74 Å². The molecule has 0 spiro atoms. The molecule has 25 heavy (non-hydrogen) atoms. The van der Waals surface area contributed by atoms with Crippen LogP contribution in [-0.4, -0.2) is 27.7 Å². The molecule has 2 aromatic rings. The summed E-state index contributed by atoms with van der Waals surface area (Å²) in [4.78, 5) is 12.4. The van der Waals surface area contributed by atoms with Crippen LogP contribution in [0.2, 0.25) is 0 Å². The lowest BCUT2D eigenvalue weighted by Crippen LogP contribution is -2.26. The number of sulfonamides is 1. The molecule has 2 rings (SSSR count). The normalized spacial score (nSPS) is 12.3. The van der Waals surface area contributed by atoms with E-state index < -0.39 is 10.0 Å². The molecule has 1 atom stereocenters. The van der Waals surface area contributed by atoms with Gasteiger partial charge < -0.3 is 10.1 Å². The Kier molecular flexibility index (Phi) is 5.69. The Morgan fingerprint density at radius 3 is 2.52 bits per heavy atom. The number of carbonyl (C=O) groups excluding carboxylic acids is 1. The number of methoxy groups -OCH3 is 1. The van der Waals surface area contributed by atoms with E-state index in [1.807, 2.05) is 26.0 Å². The zero-order chi connectivity index (χ0) is 18.6. The molecule has 0 radical (unpaired) electrons. The van der Waals surface area contributed by atoms with E-state index in [1.54, 1.807) is 37.4 Å². The fraction of sp³-hybridized carbons (Fsp3) is 0.278. The first kappa shape index (κ1) is 18.8. The minimum atomic E-state index is -3.35. The standard InChI is InChI=1S/C18H22N2O4S/c1-12-8-9-15(11-17(12)24-3)18(21)19-13(2)14-6-5-7-16(10-14)20-25(4,22)23/h5-11,13,20H,1-4H3,(H,19,21)/t13-/m1/s1. The maximum atomic E-state index is 12.4. The van der Waals surface area contributed by atoms with Gasteiger partial charge in [0.05, 0.1) is 19.4 Å². The van der Waals surface area contributed by atoms with Crippen LogP contribution in [0.15, 0.2) is 42.5 Å². The molecule has 0 saturated heterocycles. The van der Waals surface area contributed by atoms with Crippen molar-refractivity contribution >= 4 is 21.6 Å². The second-order valence-corrected chi connectivity index (χ2v) is 7.63. The monoisotopic (exact) mass is 362 g/mol. The number of rotatable bonds is 6. The Morgan fingerprint density at radius 2 is 1.88 bits per heavy atom. The third-order valence-corrected chi connectivity index (χ3v) is 4.31. The SMILES string of the molecule is COc1cc(C(=O)N[C@H](C)c2cccc(NS(C)(=O)=O)c2)ccc1C. The van der Waals surface area contributed by atoms with Crippen LogP contribution in [0.3, 0.4) is 0 Å². The Labute approximate surface area is 148 Å². The third-order valence-electron chi connectivity index (χ3n) is 3.71. The predicted octanol–water partition coefficient (Wildman–Crippen LogP) is 2.87. The lowest BCUT2D eigenvalue weighted by molar-refractivity contribution is 0.0939. The molecule has 0 unspecified atom stereocenters. The molecule has 2 N–H and O–H groups in total. The molecule has 134 valence electrons. The molecule has 2 aromatic carbocycles. The minimum Gasteiger partial charge on any atom is -0.496 e. The molecule has 1 amide bonds. The number of anilines is 1. The molecule has 0 bridgehead atoms. The molecule has 6 nitrogen and oxygen atoms in total. The van der Waals surface area contributed by atoms with Crippen LogP contribution >= 0.6 is 0 Å². The van der Waals surface area contributed by atoms with Crippen LogP contribution < -0.4 is 14.8 Å². The summed E-state index contributed by atoms with van der Waals surface area (Å²) in [6.45, 7) is 3.74. The van der Waals surface area contributed by atoms with Gasteiger partial charge in [0.25, 0.3) is 5.91 Å². The summed E-state index contributed by atoms with van der Waals surface area (Å²) < 4.78 is 30.3. The van der Waals surface area contributed by atoms with E-state index in [1.165, 1.54) is 0 Å². The van der Waals surface area contributed by atoms with E-state index in [9.17, 15) is 13.2 Å². The quantitative estimate of drug-likeness (QED) is 0.827. The van der Waals surface area contributed by atoms with Crippen LogP contribution in [0.5, 0.6) is 5.75 Å². The van der Waals surface area contributed by atoms with Gasteiger partial charge in [-0.2, -0.15) is 0 Å². The smallest absolute Gasteiger partial charge is 0.251 e. The van der Waals surface area contributed by atoms with Crippen molar-refractivity contribution in [3.63, 3.8) is 0 Å². The number of ether oxygens (including phenoxy) is 1. The van der Waals surface area contributed by atoms with E-state index >= 15 is 0 Å². The summed E-state index contributed by atoms with van der Waals surface area (Å²) in [7, 11) is -1.79. The fourth-order valence-electron chi connectivity index (χ4n) is 2.41. The van der Waals surface area contributed by atoms with Crippen molar-refractivity contribution in [3.8, 4) is 5.75 Å². The molecular formula is C18H22N2O4S. The zero-order valence-corrected chi connectivity index (χ0v) is 15.5. The van der Waals surface area contributed by atoms with Gasteiger partial charge in [0, 0.05) is 11.3 Å². The van der Waals surface area contributed by atoms with Crippen molar-refractivity contribution < 1.29 is 17.9 Å². The Morgan fingerprint density at radius 1 is 1.16 bits per heavy atom. The molecule has 0 aliphatic carbocycles. The van der Waals surface area contributed by atoms with Gasteiger partial charge in [-0.1, -0.05) is 18.2 Å². The van der Waals surface area contributed by atoms with Gasteiger partial charge in [0.1, 0.15) is 5.75 Å². The van der Waals surface area contributed by atoms with Gasteiger partial charge in [-0.3, -0.25) is 9.52 Å². The summed E-state index contributed by atoms with van der Waals surface area (Å²) in [6, 6.07) is 11.9. The van der Waals surface area contributed by atoms with Crippen molar-refractivity contribution in [2.24, 2.45) is 0 Å². The molecular weight excluding hydrogens is 340 g/mol. The topological polar surface area (TPSA) is 84.5 Å². The minimum absolute atomic E-state index is 0.229.